The maximum absolute atomic E-state index is 4.31. The Bertz CT molecular complexity index is 642. The standard InChI is InChI=1S/C19H28N4S.HI/c1-15-10-11-24-18(15)13-22-19(20-3)21-12-16(2)23(4)14-17-8-6-5-7-9-17;/h5-11,16H,12-14H2,1-4H3,(H2,20,21,22);1H. The SMILES string of the molecule is CN=C(NCc1sccc1C)NCC(C)N(C)Cc1ccccc1.I. The lowest BCUT2D eigenvalue weighted by Gasteiger charge is -2.25. The Labute approximate surface area is 172 Å². The third-order valence-corrected chi connectivity index (χ3v) is 5.22. The van der Waals surface area contributed by atoms with Gasteiger partial charge in [0.2, 0.25) is 0 Å². The second kappa shape index (κ2) is 11.5. The first-order valence-electron chi connectivity index (χ1n) is 8.31. The Balaban J connectivity index is 0.00000312. The number of likely N-dealkylation sites (N-methyl/N-ethyl adjacent to an activating group) is 1. The molecule has 0 saturated heterocycles. The van der Waals surface area contributed by atoms with E-state index in [1.165, 1.54) is 16.0 Å². The fraction of sp³-hybridized carbons (Fsp3) is 0.421. The number of hydrogen-bond donors (Lipinski definition) is 2. The van der Waals surface area contributed by atoms with Gasteiger partial charge in [0.1, 0.15) is 0 Å². The lowest BCUT2D eigenvalue weighted by molar-refractivity contribution is 0.249. The monoisotopic (exact) mass is 472 g/mol. The minimum Gasteiger partial charge on any atom is -0.355 e. The van der Waals surface area contributed by atoms with E-state index < -0.39 is 0 Å². The van der Waals surface area contributed by atoms with Crippen LogP contribution in [0.1, 0.15) is 22.9 Å². The molecule has 0 saturated carbocycles. The van der Waals surface area contributed by atoms with Crippen LogP contribution in [0.4, 0.5) is 0 Å². The van der Waals surface area contributed by atoms with Gasteiger partial charge in [-0.3, -0.25) is 9.89 Å². The number of rotatable bonds is 7. The molecule has 2 N–H and O–H groups in total. The Morgan fingerprint density at radius 2 is 1.92 bits per heavy atom. The van der Waals surface area contributed by atoms with Crippen molar-refractivity contribution in [2.75, 3.05) is 20.6 Å². The average molecular weight is 472 g/mol. The molecule has 1 unspecified atom stereocenters. The van der Waals surface area contributed by atoms with Crippen molar-refractivity contribution in [1.82, 2.24) is 15.5 Å². The van der Waals surface area contributed by atoms with E-state index in [0.717, 1.165) is 25.6 Å². The van der Waals surface area contributed by atoms with E-state index in [0.29, 0.717) is 6.04 Å². The van der Waals surface area contributed by atoms with E-state index in [-0.39, 0.29) is 24.0 Å². The molecule has 0 spiro atoms. The van der Waals surface area contributed by atoms with Gasteiger partial charge < -0.3 is 10.6 Å². The molecule has 0 radical (unpaired) electrons. The Kier molecular flexibility index (Phi) is 10.1. The number of guanidine groups is 1. The molecule has 2 aromatic rings. The fourth-order valence-electron chi connectivity index (χ4n) is 2.40. The molecule has 1 heterocycles. The molecule has 1 aromatic carbocycles. The van der Waals surface area contributed by atoms with Gasteiger partial charge in [0, 0.05) is 31.1 Å². The number of nitrogens with zero attached hydrogens (tertiary/aromatic N) is 2. The highest BCUT2D eigenvalue weighted by atomic mass is 127. The van der Waals surface area contributed by atoms with E-state index in [9.17, 15) is 0 Å². The smallest absolute Gasteiger partial charge is 0.191 e. The lowest BCUT2D eigenvalue weighted by atomic mass is 10.2. The van der Waals surface area contributed by atoms with Crippen LogP contribution in [0.25, 0.3) is 0 Å². The van der Waals surface area contributed by atoms with Crippen LogP contribution in [0.15, 0.2) is 46.8 Å². The predicted molar refractivity (Wildman–Crippen MR) is 120 cm³/mol. The maximum atomic E-state index is 4.31. The summed E-state index contributed by atoms with van der Waals surface area (Å²) in [4.78, 5) is 8.01. The zero-order valence-corrected chi connectivity index (χ0v) is 18.6. The van der Waals surface area contributed by atoms with Gasteiger partial charge in [-0.2, -0.15) is 0 Å². The first-order valence-corrected chi connectivity index (χ1v) is 9.19. The number of thiophene rings is 1. The summed E-state index contributed by atoms with van der Waals surface area (Å²) in [6.07, 6.45) is 0. The van der Waals surface area contributed by atoms with Crippen molar-refractivity contribution < 1.29 is 0 Å². The van der Waals surface area contributed by atoms with Crippen LogP contribution in [0.2, 0.25) is 0 Å². The zero-order chi connectivity index (χ0) is 17.4. The van der Waals surface area contributed by atoms with E-state index in [1.807, 2.05) is 7.05 Å². The number of nitrogens with one attached hydrogen (secondary N) is 2. The van der Waals surface area contributed by atoms with E-state index in [2.05, 4.69) is 83.2 Å². The third kappa shape index (κ3) is 7.33. The van der Waals surface area contributed by atoms with E-state index >= 15 is 0 Å². The number of halogens is 1. The zero-order valence-electron chi connectivity index (χ0n) is 15.5. The second-order valence-electron chi connectivity index (χ2n) is 6.08. The molecular formula is C19H29IN4S. The van der Waals surface area contributed by atoms with Crippen LogP contribution in [0.3, 0.4) is 0 Å². The molecule has 25 heavy (non-hydrogen) atoms. The summed E-state index contributed by atoms with van der Waals surface area (Å²) < 4.78 is 0. The maximum Gasteiger partial charge on any atom is 0.191 e. The van der Waals surface area contributed by atoms with Crippen molar-refractivity contribution in [2.45, 2.75) is 33.0 Å². The normalized spacial score (nSPS) is 12.6. The third-order valence-electron chi connectivity index (χ3n) is 4.20. The van der Waals surface area contributed by atoms with Crippen molar-refractivity contribution in [1.29, 1.82) is 0 Å². The topological polar surface area (TPSA) is 39.7 Å². The Morgan fingerprint density at radius 1 is 1.20 bits per heavy atom. The summed E-state index contributed by atoms with van der Waals surface area (Å²) in [5.41, 5.74) is 2.67. The summed E-state index contributed by atoms with van der Waals surface area (Å²) in [7, 11) is 3.97. The minimum absolute atomic E-state index is 0. The molecule has 2 rings (SSSR count). The van der Waals surface area contributed by atoms with Crippen LogP contribution < -0.4 is 10.6 Å². The highest BCUT2D eigenvalue weighted by Crippen LogP contribution is 2.14. The summed E-state index contributed by atoms with van der Waals surface area (Å²) in [6, 6.07) is 13.1. The molecule has 0 bridgehead atoms. The number of aliphatic imine (C=N–C) groups is 1. The fourth-order valence-corrected chi connectivity index (χ4v) is 3.24. The summed E-state index contributed by atoms with van der Waals surface area (Å²) >= 11 is 1.78. The van der Waals surface area contributed by atoms with Crippen LogP contribution in [-0.4, -0.2) is 37.5 Å². The largest absolute Gasteiger partial charge is 0.355 e. The van der Waals surface area contributed by atoms with E-state index in [4.69, 9.17) is 0 Å². The predicted octanol–water partition coefficient (Wildman–Crippen LogP) is 3.86. The van der Waals surface area contributed by atoms with Gasteiger partial charge in [-0.25, -0.2) is 0 Å². The van der Waals surface area contributed by atoms with Gasteiger partial charge in [0.15, 0.2) is 5.96 Å². The summed E-state index contributed by atoms with van der Waals surface area (Å²) in [6.45, 7) is 6.99. The van der Waals surface area contributed by atoms with Crippen molar-refractivity contribution >= 4 is 41.3 Å². The number of hydrogen-bond acceptors (Lipinski definition) is 3. The first kappa shape index (κ1) is 21.9. The molecule has 0 fully saturated rings. The molecule has 1 aromatic heterocycles. The molecule has 1 atom stereocenters. The van der Waals surface area contributed by atoms with E-state index in [1.54, 1.807) is 11.3 Å². The van der Waals surface area contributed by atoms with Gasteiger partial charge in [0.25, 0.3) is 0 Å². The van der Waals surface area contributed by atoms with Crippen molar-refractivity contribution in [2.24, 2.45) is 4.99 Å². The average Bonchev–Trinajstić information content (AvgIpc) is 3.00. The molecule has 138 valence electrons. The van der Waals surface area contributed by atoms with Gasteiger partial charge in [-0.15, -0.1) is 35.3 Å². The highest BCUT2D eigenvalue weighted by Gasteiger charge is 2.10. The molecule has 4 nitrogen and oxygen atoms in total. The molecule has 0 aliphatic carbocycles. The molecular weight excluding hydrogens is 443 g/mol. The minimum atomic E-state index is 0. The molecule has 0 aliphatic rings. The molecule has 6 heteroatoms. The highest BCUT2D eigenvalue weighted by molar-refractivity contribution is 14.0. The number of benzene rings is 1. The molecule has 0 amide bonds. The quantitative estimate of drug-likeness (QED) is 0.365. The van der Waals surface area contributed by atoms with Gasteiger partial charge >= 0.3 is 0 Å². The molecule has 0 aliphatic heterocycles. The Hall–Kier alpha value is -1.12. The van der Waals surface area contributed by atoms with Crippen LogP contribution >= 0.6 is 35.3 Å². The van der Waals surface area contributed by atoms with Crippen molar-refractivity contribution in [3.05, 3.63) is 57.8 Å². The summed E-state index contributed by atoms with van der Waals surface area (Å²) in [5.74, 6) is 0.850. The van der Waals surface area contributed by atoms with Gasteiger partial charge in [0.05, 0.1) is 6.54 Å². The first-order chi connectivity index (χ1) is 11.6. The number of aryl methyl sites for hydroxylation is 1. The van der Waals surface area contributed by atoms with Gasteiger partial charge in [-0.1, -0.05) is 30.3 Å². The lowest BCUT2D eigenvalue weighted by Crippen LogP contribution is -2.44. The van der Waals surface area contributed by atoms with Crippen molar-refractivity contribution in [3.63, 3.8) is 0 Å². The van der Waals surface area contributed by atoms with Crippen molar-refractivity contribution in [3.8, 4) is 0 Å². The van der Waals surface area contributed by atoms with Crippen LogP contribution in [-0.2, 0) is 13.1 Å². The van der Waals surface area contributed by atoms with Gasteiger partial charge in [-0.05, 0) is 43.5 Å². The van der Waals surface area contributed by atoms with Crippen LogP contribution in [0.5, 0.6) is 0 Å². The second-order valence-corrected chi connectivity index (χ2v) is 7.08. The Morgan fingerprint density at radius 3 is 2.52 bits per heavy atom. The summed E-state index contributed by atoms with van der Waals surface area (Å²) in [5, 5.41) is 8.94. The van der Waals surface area contributed by atoms with Crippen LogP contribution in [0, 0.1) is 6.92 Å².